The van der Waals surface area contributed by atoms with E-state index in [4.69, 9.17) is 9.57 Å². The Morgan fingerprint density at radius 2 is 1.15 bits per heavy atom. The predicted molar refractivity (Wildman–Crippen MR) is 138 cm³/mol. The van der Waals surface area contributed by atoms with Gasteiger partial charge >= 0.3 is 0 Å². The van der Waals surface area contributed by atoms with Crippen LogP contribution in [0, 0.1) is 23.2 Å². The maximum Gasteiger partial charge on any atom is 0.285 e. The molecule has 0 N–H and O–H groups in total. The van der Waals surface area contributed by atoms with Crippen molar-refractivity contribution in [2.45, 2.75) is 92.9 Å². The van der Waals surface area contributed by atoms with Crippen LogP contribution in [0.4, 0.5) is 0 Å². The second-order valence-corrected chi connectivity index (χ2v) is 10.7. The number of ether oxygens (including phenoxy) is 1. The molecule has 0 saturated heterocycles. The zero-order chi connectivity index (χ0) is 25.1. The maximum atomic E-state index is 12.2. The number of amides is 2. The van der Waals surface area contributed by atoms with Gasteiger partial charge in [-0.1, -0.05) is 92.2 Å². The third kappa shape index (κ3) is 7.14. The van der Waals surface area contributed by atoms with Gasteiger partial charge in [0.2, 0.25) is 0 Å². The van der Waals surface area contributed by atoms with Crippen molar-refractivity contribution in [1.82, 2.24) is 5.06 Å². The van der Waals surface area contributed by atoms with Crippen molar-refractivity contribution in [3.63, 3.8) is 0 Å². The molecule has 0 fully saturated rings. The third-order valence-corrected chi connectivity index (χ3v) is 7.83. The van der Waals surface area contributed by atoms with E-state index in [1.54, 1.807) is 24.3 Å². The summed E-state index contributed by atoms with van der Waals surface area (Å²) in [7, 11) is 0. The van der Waals surface area contributed by atoms with Gasteiger partial charge < -0.3 is 4.74 Å². The van der Waals surface area contributed by atoms with E-state index in [0.29, 0.717) is 29.8 Å². The van der Waals surface area contributed by atoms with E-state index in [0.717, 1.165) is 29.2 Å². The van der Waals surface area contributed by atoms with E-state index in [2.05, 4.69) is 41.5 Å². The number of hydrogen-bond donors (Lipinski definition) is 0. The molecule has 0 radical (unpaired) electrons. The van der Waals surface area contributed by atoms with E-state index in [-0.39, 0.29) is 6.61 Å². The second kappa shape index (κ2) is 14.0. The van der Waals surface area contributed by atoms with Gasteiger partial charge in [-0.25, -0.2) is 0 Å². The summed E-state index contributed by atoms with van der Waals surface area (Å²) in [5, 5.41) is 0.849. The summed E-state index contributed by atoms with van der Waals surface area (Å²) in [5.41, 5.74) is 1.25. The zero-order valence-electron chi connectivity index (χ0n) is 22.4. The highest BCUT2D eigenvalue weighted by Gasteiger charge is 2.39. The van der Waals surface area contributed by atoms with Crippen LogP contribution in [0.2, 0.25) is 0 Å². The van der Waals surface area contributed by atoms with Gasteiger partial charge in [-0.15, -0.1) is 5.06 Å². The average molecular weight is 474 g/mol. The predicted octanol–water partition coefficient (Wildman–Crippen LogP) is 7.31. The summed E-state index contributed by atoms with van der Waals surface area (Å²) in [5.74, 6) is 1.38. The van der Waals surface area contributed by atoms with Crippen molar-refractivity contribution >= 4 is 11.8 Å². The topological polar surface area (TPSA) is 55.8 Å². The molecular weight excluding hydrogens is 426 g/mol. The molecule has 0 unspecified atom stereocenters. The van der Waals surface area contributed by atoms with Gasteiger partial charge in [0.25, 0.3) is 11.8 Å². The number of nitrogens with zero attached hydrogens (tertiary/aromatic N) is 1. The SMILES string of the molecule is CC(C)C(CCCCCCCCCOCCON1C(=O)c2ccccc2C1=O)(C(C)C)C(C)C. The molecule has 0 atom stereocenters. The van der Waals surface area contributed by atoms with Crippen molar-refractivity contribution in [1.29, 1.82) is 0 Å². The minimum absolute atomic E-state index is 0.191. The monoisotopic (exact) mass is 473 g/mol. The Bertz CT molecular complexity index is 714. The number of unbranched alkanes of at least 4 members (excludes halogenated alkanes) is 6. The zero-order valence-corrected chi connectivity index (χ0v) is 22.4. The van der Waals surface area contributed by atoms with E-state index in [1.165, 1.54) is 44.9 Å². The van der Waals surface area contributed by atoms with Gasteiger partial charge in [-0.2, -0.15) is 0 Å². The standard InChI is InChI=1S/C29H47NO4/c1-22(2)29(23(3)4,24(5)6)18-14-10-8-7-9-11-15-19-33-20-21-34-30-27(31)25-16-12-13-17-26(25)28(30)32/h12-13,16-17,22-24H,7-11,14-15,18-21H2,1-6H3. The van der Waals surface area contributed by atoms with Crippen LogP contribution in [0.15, 0.2) is 24.3 Å². The van der Waals surface area contributed by atoms with Crippen LogP contribution in [0.1, 0.15) is 114 Å². The molecule has 2 amide bonds. The largest absolute Gasteiger partial charge is 0.379 e. The van der Waals surface area contributed by atoms with Gasteiger partial charge in [-0.3, -0.25) is 14.4 Å². The highest BCUT2D eigenvalue weighted by molar-refractivity contribution is 6.20. The molecule has 2 rings (SSSR count). The fourth-order valence-corrected chi connectivity index (χ4v) is 5.96. The molecule has 1 aliphatic heterocycles. The minimum Gasteiger partial charge on any atom is -0.379 e. The lowest BCUT2D eigenvalue weighted by molar-refractivity contribution is -0.106. The lowest BCUT2D eigenvalue weighted by Gasteiger charge is -2.45. The third-order valence-electron chi connectivity index (χ3n) is 7.83. The molecule has 1 aromatic rings. The summed E-state index contributed by atoms with van der Waals surface area (Å²) in [6, 6.07) is 6.78. The maximum absolute atomic E-state index is 12.2. The van der Waals surface area contributed by atoms with Gasteiger partial charge in [0.05, 0.1) is 24.3 Å². The molecule has 1 aliphatic rings. The number of rotatable bonds is 17. The fourth-order valence-electron chi connectivity index (χ4n) is 5.96. The average Bonchev–Trinajstić information content (AvgIpc) is 3.03. The molecule has 34 heavy (non-hydrogen) atoms. The van der Waals surface area contributed by atoms with E-state index in [1.807, 2.05) is 0 Å². The lowest BCUT2D eigenvalue weighted by Crippen LogP contribution is -2.38. The number of fused-ring (bicyclic) bond motifs is 1. The molecule has 5 nitrogen and oxygen atoms in total. The van der Waals surface area contributed by atoms with Crippen LogP contribution >= 0.6 is 0 Å². The number of imide groups is 1. The van der Waals surface area contributed by atoms with Crippen LogP contribution in [-0.4, -0.2) is 36.7 Å². The van der Waals surface area contributed by atoms with E-state index >= 15 is 0 Å². The molecule has 0 bridgehead atoms. The van der Waals surface area contributed by atoms with Gasteiger partial charge in [0, 0.05) is 6.61 Å². The number of carbonyl (C=O) groups is 2. The van der Waals surface area contributed by atoms with Gasteiger partial charge in [0.1, 0.15) is 0 Å². The summed E-state index contributed by atoms with van der Waals surface area (Å²) >= 11 is 0. The molecular formula is C29H47NO4. The summed E-state index contributed by atoms with van der Waals surface area (Å²) in [4.78, 5) is 29.8. The van der Waals surface area contributed by atoms with Gasteiger partial charge in [-0.05, 0) is 48.1 Å². The first-order valence-electron chi connectivity index (χ1n) is 13.4. The normalized spacial score (nSPS) is 14.2. The Hall–Kier alpha value is -1.72. The highest BCUT2D eigenvalue weighted by Crippen LogP contribution is 2.47. The molecule has 192 valence electrons. The Labute approximate surface area is 207 Å². The van der Waals surface area contributed by atoms with Crippen LogP contribution in [0.25, 0.3) is 0 Å². The molecule has 1 aromatic carbocycles. The van der Waals surface area contributed by atoms with Crippen LogP contribution in [0.3, 0.4) is 0 Å². The van der Waals surface area contributed by atoms with Crippen molar-refractivity contribution in [3.05, 3.63) is 35.4 Å². The van der Waals surface area contributed by atoms with Crippen LogP contribution in [0.5, 0.6) is 0 Å². The molecule has 0 aromatic heterocycles. The van der Waals surface area contributed by atoms with E-state index in [9.17, 15) is 9.59 Å². The first kappa shape index (κ1) is 28.5. The van der Waals surface area contributed by atoms with Crippen LogP contribution < -0.4 is 0 Å². The number of carbonyl (C=O) groups excluding carboxylic acids is 2. The van der Waals surface area contributed by atoms with Crippen molar-refractivity contribution in [2.75, 3.05) is 19.8 Å². The molecule has 1 heterocycles. The second-order valence-electron chi connectivity index (χ2n) is 10.7. The van der Waals surface area contributed by atoms with Crippen molar-refractivity contribution < 1.29 is 19.2 Å². The molecule has 0 saturated carbocycles. The number of hydrogen-bond acceptors (Lipinski definition) is 4. The lowest BCUT2D eigenvalue weighted by atomic mass is 9.60. The molecule has 0 aliphatic carbocycles. The number of hydroxylamine groups is 2. The summed E-state index contributed by atoms with van der Waals surface area (Å²) in [6.07, 6.45) is 10.1. The fraction of sp³-hybridized carbons (Fsp3) is 0.724. The smallest absolute Gasteiger partial charge is 0.285 e. The van der Waals surface area contributed by atoms with E-state index < -0.39 is 11.8 Å². The Morgan fingerprint density at radius 3 is 1.65 bits per heavy atom. The molecule has 0 spiro atoms. The Morgan fingerprint density at radius 1 is 0.676 bits per heavy atom. The summed E-state index contributed by atoms with van der Waals surface area (Å²) in [6.45, 7) is 15.7. The van der Waals surface area contributed by atoms with Crippen molar-refractivity contribution in [2.24, 2.45) is 23.2 Å². The summed E-state index contributed by atoms with van der Waals surface area (Å²) < 4.78 is 5.62. The number of benzene rings is 1. The van der Waals surface area contributed by atoms with Crippen molar-refractivity contribution in [3.8, 4) is 0 Å². The van der Waals surface area contributed by atoms with Crippen LogP contribution in [-0.2, 0) is 9.57 Å². The quantitative estimate of drug-likeness (QED) is 0.176. The Kier molecular flexibility index (Phi) is 11.7. The molecule has 5 heteroatoms. The van der Waals surface area contributed by atoms with Gasteiger partial charge in [0.15, 0.2) is 0 Å². The first-order chi connectivity index (χ1) is 16.2. The first-order valence-corrected chi connectivity index (χ1v) is 13.4. The minimum atomic E-state index is -0.399. The Balaban J connectivity index is 1.47. The highest BCUT2D eigenvalue weighted by atomic mass is 16.7.